The third-order valence-electron chi connectivity index (χ3n) is 2.75. The van der Waals surface area contributed by atoms with Crippen LogP contribution in [0.15, 0.2) is 0 Å². The van der Waals surface area contributed by atoms with Crippen LogP contribution in [0.3, 0.4) is 0 Å². The topological polar surface area (TPSA) is 21.3 Å². The molecule has 2 fully saturated rings. The maximum atomic E-state index is 5.45. The summed E-state index contributed by atoms with van der Waals surface area (Å²) in [4.78, 5) is 0. The van der Waals surface area contributed by atoms with E-state index >= 15 is 0 Å². The average molecular weight is 165 g/mol. The zero-order chi connectivity index (χ0) is 8.39. The number of morpholine rings is 1. The van der Waals surface area contributed by atoms with Gasteiger partial charge in [0.25, 0.3) is 0 Å². The van der Waals surface area contributed by atoms with Gasteiger partial charge in [0, 0.05) is 18.5 Å². The van der Waals surface area contributed by atoms with Gasteiger partial charge in [-0.2, -0.15) is 0 Å². The zero-order valence-electron chi connectivity index (χ0n) is 7.25. The number of hydrogen-bond acceptors (Lipinski definition) is 2. The molecule has 12 heavy (non-hydrogen) atoms. The molecule has 2 rings (SSSR count). The van der Waals surface area contributed by atoms with Crippen LogP contribution in [0.5, 0.6) is 0 Å². The molecule has 2 aliphatic rings. The summed E-state index contributed by atoms with van der Waals surface area (Å²) < 4.78 is 5.45. The molecule has 0 spiro atoms. The smallest absolute Gasteiger partial charge is 0.0620 e. The minimum atomic E-state index is 0.566. The van der Waals surface area contributed by atoms with E-state index in [0.717, 1.165) is 25.6 Å². The second-order valence-electron chi connectivity index (χ2n) is 3.84. The lowest BCUT2D eigenvalue weighted by Gasteiger charge is -2.39. The van der Waals surface area contributed by atoms with Crippen molar-refractivity contribution in [3.63, 3.8) is 0 Å². The lowest BCUT2D eigenvalue weighted by molar-refractivity contribution is 0.00882. The Balaban J connectivity index is 1.92. The summed E-state index contributed by atoms with van der Waals surface area (Å²) in [5.41, 5.74) is 0. The van der Waals surface area contributed by atoms with Crippen LogP contribution >= 0.6 is 0 Å². The molecule has 2 unspecified atom stereocenters. The van der Waals surface area contributed by atoms with Crippen molar-refractivity contribution < 1.29 is 4.74 Å². The second kappa shape index (κ2) is 3.47. The highest BCUT2D eigenvalue weighted by Gasteiger charge is 2.30. The van der Waals surface area contributed by atoms with E-state index in [-0.39, 0.29) is 0 Å². The maximum absolute atomic E-state index is 5.45. The summed E-state index contributed by atoms with van der Waals surface area (Å²) in [5.74, 6) is 3.49. The largest absolute Gasteiger partial charge is 0.378 e. The summed E-state index contributed by atoms with van der Waals surface area (Å²) >= 11 is 0. The van der Waals surface area contributed by atoms with E-state index in [0.29, 0.717) is 12.1 Å². The molecule has 2 atom stereocenters. The van der Waals surface area contributed by atoms with Gasteiger partial charge in [-0.15, -0.1) is 12.3 Å². The van der Waals surface area contributed by atoms with Gasteiger partial charge >= 0.3 is 0 Å². The highest BCUT2D eigenvalue weighted by Crippen LogP contribution is 2.25. The number of ether oxygens (including phenoxy) is 1. The second-order valence-corrected chi connectivity index (χ2v) is 3.84. The van der Waals surface area contributed by atoms with Crippen molar-refractivity contribution in [3.8, 4) is 12.3 Å². The molecule has 2 saturated heterocycles. The number of terminal acetylenes is 1. The number of fused-ring (bicyclic) bond motifs is 2. The fraction of sp³-hybridized carbons (Fsp3) is 0.800. The molecule has 2 nitrogen and oxygen atoms in total. The van der Waals surface area contributed by atoms with Crippen molar-refractivity contribution in [2.75, 3.05) is 13.2 Å². The molecule has 0 aliphatic carbocycles. The highest BCUT2D eigenvalue weighted by atomic mass is 16.5. The molecule has 2 aliphatic heterocycles. The van der Waals surface area contributed by atoms with Crippen molar-refractivity contribution in [1.29, 1.82) is 0 Å². The summed E-state index contributed by atoms with van der Waals surface area (Å²) in [5, 5.41) is 3.55. The normalized spacial score (nSPS) is 40.4. The quantitative estimate of drug-likeness (QED) is 0.580. The van der Waals surface area contributed by atoms with Gasteiger partial charge < -0.3 is 10.1 Å². The Morgan fingerprint density at radius 3 is 2.58 bits per heavy atom. The van der Waals surface area contributed by atoms with E-state index < -0.39 is 0 Å². The molecule has 0 radical (unpaired) electrons. The van der Waals surface area contributed by atoms with Crippen molar-refractivity contribution in [3.05, 3.63) is 0 Å². The molecule has 1 N–H and O–H groups in total. The monoisotopic (exact) mass is 165 g/mol. The van der Waals surface area contributed by atoms with E-state index in [1.165, 1.54) is 12.8 Å². The fourth-order valence-corrected chi connectivity index (χ4v) is 2.29. The summed E-state index contributed by atoms with van der Waals surface area (Å²) in [6, 6.07) is 1.13. The molecule has 0 aromatic carbocycles. The molecule has 2 heteroatoms. The van der Waals surface area contributed by atoms with Gasteiger partial charge in [-0.05, 0) is 18.8 Å². The number of rotatable bonds is 1. The van der Waals surface area contributed by atoms with E-state index in [1.54, 1.807) is 0 Å². The summed E-state index contributed by atoms with van der Waals surface area (Å²) in [7, 11) is 0. The van der Waals surface area contributed by atoms with Crippen LogP contribution in [0.25, 0.3) is 0 Å². The molecule has 2 heterocycles. The summed E-state index contributed by atoms with van der Waals surface area (Å²) in [6.07, 6.45) is 8.64. The van der Waals surface area contributed by atoms with Gasteiger partial charge in [0.05, 0.1) is 13.2 Å². The van der Waals surface area contributed by atoms with Gasteiger partial charge in [0.2, 0.25) is 0 Å². The molecule has 2 bridgehead atoms. The number of hydrogen-bond donors (Lipinski definition) is 1. The van der Waals surface area contributed by atoms with Crippen LogP contribution in [0.4, 0.5) is 0 Å². The third-order valence-corrected chi connectivity index (χ3v) is 2.75. The first-order chi connectivity index (χ1) is 5.88. The van der Waals surface area contributed by atoms with Crippen LogP contribution in [-0.2, 0) is 4.74 Å². The fourth-order valence-electron chi connectivity index (χ4n) is 2.29. The molecular weight excluding hydrogens is 150 g/mol. The Morgan fingerprint density at radius 1 is 1.33 bits per heavy atom. The van der Waals surface area contributed by atoms with Crippen molar-refractivity contribution in [2.45, 2.75) is 31.3 Å². The Labute approximate surface area is 73.7 Å². The van der Waals surface area contributed by atoms with E-state index in [1.807, 2.05) is 0 Å². The number of piperidine rings is 1. The Morgan fingerprint density at radius 2 is 2.00 bits per heavy atom. The molecule has 66 valence electrons. The van der Waals surface area contributed by atoms with Crippen LogP contribution in [0.1, 0.15) is 19.3 Å². The van der Waals surface area contributed by atoms with Crippen LogP contribution in [0.2, 0.25) is 0 Å². The predicted octanol–water partition coefficient (Wildman–Crippen LogP) is 0.777. The van der Waals surface area contributed by atoms with Gasteiger partial charge in [0.15, 0.2) is 0 Å². The Hall–Kier alpha value is -0.520. The van der Waals surface area contributed by atoms with Gasteiger partial charge in [-0.1, -0.05) is 0 Å². The molecule has 0 aromatic heterocycles. The molecule has 0 saturated carbocycles. The third kappa shape index (κ3) is 1.63. The molecule has 0 aromatic rings. The van der Waals surface area contributed by atoms with Gasteiger partial charge in [0.1, 0.15) is 0 Å². The van der Waals surface area contributed by atoms with Crippen molar-refractivity contribution in [2.24, 2.45) is 5.92 Å². The minimum absolute atomic E-state index is 0.566. The van der Waals surface area contributed by atoms with Crippen molar-refractivity contribution in [1.82, 2.24) is 5.32 Å². The predicted molar refractivity (Wildman–Crippen MR) is 47.7 cm³/mol. The lowest BCUT2D eigenvalue weighted by atomic mass is 9.85. The Bertz CT molecular complexity index is 185. The van der Waals surface area contributed by atoms with Crippen LogP contribution < -0.4 is 5.32 Å². The molecular formula is C10H15NO. The highest BCUT2D eigenvalue weighted by molar-refractivity contribution is 4.94. The first-order valence-electron chi connectivity index (χ1n) is 4.65. The van der Waals surface area contributed by atoms with E-state index in [4.69, 9.17) is 11.2 Å². The SMILES string of the molecule is C#CCC1CC2COCC(C1)N2. The zero-order valence-corrected chi connectivity index (χ0v) is 7.25. The average Bonchev–Trinajstić information content (AvgIpc) is 2.04. The summed E-state index contributed by atoms with van der Waals surface area (Å²) in [6.45, 7) is 1.75. The van der Waals surface area contributed by atoms with E-state index in [9.17, 15) is 0 Å². The van der Waals surface area contributed by atoms with E-state index in [2.05, 4.69) is 11.2 Å². The lowest BCUT2D eigenvalue weighted by Crippen LogP contribution is -2.53. The van der Waals surface area contributed by atoms with Gasteiger partial charge in [-0.25, -0.2) is 0 Å². The van der Waals surface area contributed by atoms with Crippen molar-refractivity contribution >= 4 is 0 Å². The Kier molecular flexibility index (Phi) is 2.34. The minimum Gasteiger partial charge on any atom is -0.378 e. The van der Waals surface area contributed by atoms with Crippen LogP contribution in [-0.4, -0.2) is 25.3 Å². The molecule has 0 amide bonds. The number of nitrogens with one attached hydrogen (secondary N) is 1. The van der Waals surface area contributed by atoms with Gasteiger partial charge in [-0.3, -0.25) is 0 Å². The standard InChI is InChI=1S/C10H15NO/c1-2-3-8-4-9-6-12-7-10(5-8)11-9/h1,8-11H,3-7H2. The first-order valence-corrected chi connectivity index (χ1v) is 4.65. The first kappa shape index (κ1) is 8.10. The maximum Gasteiger partial charge on any atom is 0.0620 e. The van der Waals surface area contributed by atoms with Crippen LogP contribution in [0, 0.1) is 18.3 Å².